The predicted molar refractivity (Wildman–Crippen MR) is 154 cm³/mol. The molecule has 2 fully saturated rings. The summed E-state index contributed by atoms with van der Waals surface area (Å²) in [6.07, 6.45) is 5.61. The molecule has 0 bridgehead atoms. The lowest BCUT2D eigenvalue weighted by molar-refractivity contribution is -0.137. The second-order valence-electron chi connectivity index (χ2n) is 12.2. The molecular weight excluding hydrogens is 498 g/mol. The van der Waals surface area contributed by atoms with E-state index in [-0.39, 0.29) is 34.1 Å². The first-order chi connectivity index (χ1) is 17.8. The predicted octanol–water partition coefficient (Wildman–Crippen LogP) is 5.33. The molecule has 1 N–H and O–H groups in total. The smallest absolute Gasteiger partial charge is 0.348 e. The van der Waals surface area contributed by atoms with Crippen LogP contribution in [0.2, 0.25) is 0 Å². The Morgan fingerprint density at radius 2 is 1.74 bits per heavy atom. The third-order valence-corrected chi connectivity index (χ3v) is 8.92. The Hall–Kier alpha value is -2.37. The topological polar surface area (TPSA) is 81.2 Å². The van der Waals surface area contributed by atoms with Gasteiger partial charge in [-0.3, -0.25) is 14.5 Å². The molecule has 1 aromatic rings. The van der Waals surface area contributed by atoms with Gasteiger partial charge in [0.2, 0.25) is 11.8 Å². The zero-order valence-corrected chi connectivity index (χ0v) is 25.0. The van der Waals surface area contributed by atoms with Crippen molar-refractivity contribution in [3.05, 3.63) is 15.8 Å². The number of carboxylic acids is 1. The third-order valence-electron chi connectivity index (χ3n) is 7.90. The van der Waals surface area contributed by atoms with E-state index in [2.05, 4.69) is 30.7 Å². The number of likely N-dealkylation sites (N-methyl/N-ethyl adjacent to an activating group) is 1. The SMILES string of the molecule is CC[C@@H](C(=O)N(C)C1CCN(C)CC1)N(c1cc(C#CC(C)(C)C)sc1C(=O)O)C(=O)[C@H]1CC[C@H](C)CC1. The van der Waals surface area contributed by atoms with Crippen LogP contribution in [0.3, 0.4) is 0 Å². The molecule has 1 aromatic heterocycles. The van der Waals surface area contributed by atoms with Gasteiger partial charge in [0, 0.05) is 24.4 Å². The van der Waals surface area contributed by atoms with Crippen LogP contribution in [0.5, 0.6) is 0 Å². The molecule has 0 spiro atoms. The summed E-state index contributed by atoms with van der Waals surface area (Å²) in [7, 11) is 3.92. The van der Waals surface area contributed by atoms with Crippen LogP contribution in [0.25, 0.3) is 0 Å². The summed E-state index contributed by atoms with van der Waals surface area (Å²) in [5.74, 6) is 5.28. The highest BCUT2D eigenvalue weighted by atomic mass is 32.1. The summed E-state index contributed by atoms with van der Waals surface area (Å²) in [5.41, 5.74) is 0.0573. The summed E-state index contributed by atoms with van der Waals surface area (Å²) >= 11 is 1.08. The number of rotatable bonds is 7. The average molecular weight is 544 g/mol. The molecule has 0 unspecified atom stereocenters. The summed E-state index contributed by atoms with van der Waals surface area (Å²) in [5, 5.41) is 10.1. The van der Waals surface area contributed by atoms with E-state index in [1.54, 1.807) is 11.0 Å². The number of aromatic carboxylic acids is 1. The van der Waals surface area contributed by atoms with E-state index in [1.165, 1.54) is 4.90 Å². The highest BCUT2D eigenvalue weighted by Crippen LogP contribution is 2.37. The van der Waals surface area contributed by atoms with Crippen LogP contribution in [0.4, 0.5) is 5.69 Å². The average Bonchev–Trinajstić information content (AvgIpc) is 3.29. The Balaban J connectivity index is 2.05. The number of thiophene rings is 1. The monoisotopic (exact) mass is 543 g/mol. The lowest BCUT2D eigenvalue weighted by Gasteiger charge is -2.40. The number of carboxylic acid groups (broad SMARTS) is 1. The Morgan fingerprint density at radius 3 is 2.26 bits per heavy atom. The molecule has 8 heteroatoms. The standard InChI is InChI=1S/C30H45N3O4S/c1-8-24(28(35)32(7)22-14-17-31(6)18-15-22)33(27(34)21-11-9-20(2)10-12-21)25-19-23(13-16-30(3,4)5)38-26(25)29(36)37/h19-22,24H,8-12,14-15,17-18H2,1-7H3,(H,36,37)/t20-,21-,24-/m0/s1. The van der Waals surface area contributed by atoms with Crippen molar-refractivity contribution in [1.82, 2.24) is 9.80 Å². The van der Waals surface area contributed by atoms with Crippen LogP contribution in [-0.2, 0) is 9.59 Å². The molecule has 1 aliphatic heterocycles. The van der Waals surface area contributed by atoms with E-state index in [9.17, 15) is 19.5 Å². The Bertz CT molecular complexity index is 1060. The van der Waals surface area contributed by atoms with Crippen molar-refractivity contribution in [1.29, 1.82) is 0 Å². The third kappa shape index (κ3) is 7.39. The van der Waals surface area contributed by atoms with Crippen molar-refractivity contribution >= 4 is 34.8 Å². The Kier molecular flexibility index (Phi) is 10.0. The van der Waals surface area contributed by atoms with Crippen molar-refractivity contribution in [3.63, 3.8) is 0 Å². The first-order valence-corrected chi connectivity index (χ1v) is 14.8. The number of amides is 2. The van der Waals surface area contributed by atoms with Crippen LogP contribution in [0, 0.1) is 29.1 Å². The number of hydrogen-bond donors (Lipinski definition) is 1. The summed E-state index contributed by atoms with van der Waals surface area (Å²) < 4.78 is 0. The van der Waals surface area contributed by atoms with Crippen molar-refractivity contribution in [2.75, 3.05) is 32.1 Å². The van der Waals surface area contributed by atoms with E-state index < -0.39 is 12.0 Å². The van der Waals surface area contributed by atoms with Gasteiger partial charge in [0.25, 0.3) is 0 Å². The second-order valence-corrected chi connectivity index (χ2v) is 13.3. The maximum absolute atomic E-state index is 14.2. The van der Waals surface area contributed by atoms with Gasteiger partial charge in [-0.1, -0.05) is 25.7 Å². The first kappa shape index (κ1) is 30.2. The number of nitrogens with zero attached hydrogens (tertiary/aromatic N) is 3. The summed E-state index contributed by atoms with van der Waals surface area (Å²) in [6.45, 7) is 11.9. The second kappa shape index (κ2) is 12.7. The minimum Gasteiger partial charge on any atom is -0.477 e. The van der Waals surface area contributed by atoms with Gasteiger partial charge in [-0.2, -0.15) is 0 Å². The van der Waals surface area contributed by atoms with Crippen LogP contribution in [-0.4, -0.2) is 72.0 Å². The van der Waals surface area contributed by atoms with Gasteiger partial charge in [-0.05, 0) is 97.8 Å². The van der Waals surface area contributed by atoms with Gasteiger partial charge >= 0.3 is 5.97 Å². The number of piperidine rings is 1. The molecule has 0 radical (unpaired) electrons. The van der Waals surface area contributed by atoms with Gasteiger partial charge < -0.3 is 14.9 Å². The van der Waals surface area contributed by atoms with Crippen molar-refractivity contribution in [2.24, 2.45) is 17.3 Å². The van der Waals surface area contributed by atoms with Gasteiger partial charge in [0.15, 0.2) is 0 Å². The Morgan fingerprint density at radius 1 is 1.13 bits per heavy atom. The van der Waals surface area contributed by atoms with E-state index in [0.717, 1.165) is 63.0 Å². The molecule has 1 atom stereocenters. The highest BCUT2D eigenvalue weighted by Gasteiger charge is 2.40. The summed E-state index contributed by atoms with van der Waals surface area (Å²) in [4.78, 5) is 46.8. The largest absolute Gasteiger partial charge is 0.477 e. The zero-order valence-electron chi connectivity index (χ0n) is 24.2. The Labute approximate surface area is 232 Å². The van der Waals surface area contributed by atoms with E-state index in [0.29, 0.717) is 22.9 Å². The molecule has 2 aliphatic rings. The molecule has 2 amide bonds. The molecule has 1 saturated heterocycles. The maximum atomic E-state index is 14.2. The number of carbonyl (C=O) groups is 3. The lowest BCUT2D eigenvalue weighted by atomic mass is 9.82. The van der Waals surface area contributed by atoms with Gasteiger partial charge in [-0.25, -0.2) is 4.79 Å². The number of hydrogen-bond acceptors (Lipinski definition) is 5. The fraction of sp³-hybridized carbons (Fsp3) is 0.700. The van der Waals surface area contributed by atoms with Gasteiger partial charge in [0.1, 0.15) is 10.9 Å². The van der Waals surface area contributed by atoms with Crippen LogP contribution in [0.15, 0.2) is 6.07 Å². The molecule has 1 aliphatic carbocycles. The van der Waals surface area contributed by atoms with Gasteiger partial charge in [0.05, 0.1) is 10.6 Å². The minimum atomic E-state index is -1.10. The molecule has 210 valence electrons. The first-order valence-electron chi connectivity index (χ1n) is 14.0. The molecule has 38 heavy (non-hydrogen) atoms. The molecule has 1 saturated carbocycles. The molecule has 3 rings (SSSR count). The summed E-state index contributed by atoms with van der Waals surface area (Å²) in [6, 6.07) is 1.05. The van der Waals surface area contributed by atoms with Gasteiger partial charge in [-0.15, -0.1) is 11.3 Å². The van der Waals surface area contributed by atoms with Crippen molar-refractivity contribution in [2.45, 2.75) is 91.6 Å². The molecular formula is C30H45N3O4S. The molecule has 2 heterocycles. The highest BCUT2D eigenvalue weighted by molar-refractivity contribution is 7.15. The van der Waals surface area contributed by atoms with E-state index in [1.807, 2.05) is 34.7 Å². The number of likely N-dealkylation sites (tertiary alicyclic amines) is 1. The van der Waals surface area contributed by atoms with Crippen LogP contribution < -0.4 is 4.90 Å². The number of anilines is 1. The van der Waals surface area contributed by atoms with E-state index in [4.69, 9.17) is 0 Å². The maximum Gasteiger partial charge on any atom is 0.348 e. The van der Waals surface area contributed by atoms with Crippen molar-refractivity contribution < 1.29 is 19.5 Å². The fourth-order valence-corrected chi connectivity index (χ4v) is 6.27. The quantitative estimate of drug-likeness (QED) is 0.470. The molecule has 7 nitrogen and oxygen atoms in total. The minimum absolute atomic E-state index is 0.0638. The fourth-order valence-electron chi connectivity index (χ4n) is 5.43. The normalized spacial score (nSPS) is 21.8. The van der Waals surface area contributed by atoms with Crippen LogP contribution >= 0.6 is 11.3 Å². The zero-order chi connectivity index (χ0) is 28.2. The molecule has 0 aromatic carbocycles. The van der Waals surface area contributed by atoms with Crippen LogP contribution in [0.1, 0.15) is 94.1 Å². The number of carbonyl (C=O) groups excluding carboxylic acids is 2. The van der Waals surface area contributed by atoms with E-state index >= 15 is 0 Å². The lowest BCUT2D eigenvalue weighted by Crippen LogP contribution is -2.55. The van der Waals surface area contributed by atoms with Crippen molar-refractivity contribution in [3.8, 4) is 11.8 Å².